The van der Waals surface area contributed by atoms with Gasteiger partial charge in [-0.05, 0) is 69.0 Å². The van der Waals surface area contributed by atoms with E-state index in [0.717, 1.165) is 55.4 Å². The van der Waals surface area contributed by atoms with Crippen molar-refractivity contribution in [3.8, 4) is 0 Å². The van der Waals surface area contributed by atoms with Crippen LogP contribution in [0.3, 0.4) is 0 Å². The fourth-order valence-electron chi connectivity index (χ4n) is 4.15. The first kappa shape index (κ1) is 18.0. The lowest BCUT2D eigenvalue weighted by Crippen LogP contribution is -2.34. The summed E-state index contributed by atoms with van der Waals surface area (Å²) in [6.45, 7) is 2.59. The second-order valence-electron chi connectivity index (χ2n) is 7.32. The maximum Gasteiger partial charge on any atom is 0.329 e. The summed E-state index contributed by atoms with van der Waals surface area (Å²) in [7, 11) is 0. The second-order valence-corrected chi connectivity index (χ2v) is 7.32. The van der Waals surface area contributed by atoms with E-state index in [9.17, 15) is 9.18 Å². The van der Waals surface area contributed by atoms with Crippen molar-refractivity contribution in [2.24, 2.45) is 0 Å². The molecule has 1 aliphatic rings. The summed E-state index contributed by atoms with van der Waals surface area (Å²) in [5, 5.41) is 3.37. The van der Waals surface area contributed by atoms with Crippen LogP contribution in [0.5, 0.6) is 0 Å². The Morgan fingerprint density at radius 1 is 0.963 bits per heavy atom. The number of para-hydroxylation sites is 2. The lowest BCUT2D eigenvalue weighted by atomic mass is 10.1. The highest BCUT2D eigenvalue weighted by molar-refractivity contribution is 5.76. The molecule has 5 heteroatoms. The molecule has 3 aromatic rings. The number of aryl methyl sites for hydroxylation is 2. The van der Waals surface area contributed by atoms with E-state index in [1.54, 1.807) is 6.07 Å². The van der Waals surface area contributed by atoms with Gasteiger partial charge in [0.05, 0.1) is 11.0 Å². The minimum Gasteiger partial charge on any atom is -0.317 e. The molecule has 0 bridgehead atoms. The predicted molar refractivity (Wildman–Crippen MR) is 107 cm³/mol. The summed E-state index contributed by atoms with van der Waals surface area (Å²) in [6, 6.07) is 15.3. The Hall–Kier alpha value is -2.40. The van der Waals surface area contributed by atoms with Crippen molar-refractivity contribution < 1.29 is 4.39 Å². The van der Waals surface area contributed by atoms with Crippen LogP contribution in [0, 0.1) is 5.82 Å². The van der Waals surface area contributed by atoms with E-state index in [-0.39, 0.29) is 17.5 Å². The Morgan fingerprint density at radius 3 is 2.44 bits per heavy atom. The molecule has 1 saturated heterocycles. The number of hydrogen-bond acceptors (Lipinski definition) is 2. The molecule has 2 heterocycles. The Kier molecular flexibility index (Phi) is 5.39. The van der Waals surface area contributed by atoms with E-state index in [1.807, 2.05) is 39.5 Å². The van der Waals surface area contributed by atoms with Gasteiger partial charge in [0.15, 0.2) is 0 Å². The fourth-order valence-corrected chi connectivity index (χ4v) is 4.15. The zero-order chi connectivity index (χ0) is 18.6. The zero-order valence-electron chi connectivity index (χ0n) is 15.5. The van der Waals surface area contributed by atoms with Crippen LogP contribution >= 0.6 is 0 Å². The molecular weight excluding hydrogens is 341 g/mol. The number of benzene rings is 2. The van der Waals surface area contributed by atoms with E-state index in [4.69, 9.17) is 0 Å². The Labute approximate surface area is 158 Å². The van der Waals surface area contributed by atoms with Gasteiger partial charge in [-0.1, -0.05) is 30.3 Å². The number of fused-ring (bicyclic) bond motifs is 1. The number of rotatable bonds is 6. The quantitative estimate of drug-likeness (QED) is 0.672. The maximum atomic E-state index is 13.8. The molecular formula is C22H26FN3O. The number of nitrogens with one attached hydrogen (secondary N) is 1. The van der Waals surface area contributed by atoms with Crippen molar-refractivity contribution in [3.63, 3.8) is 0 Å². The van der Waals surface area contributed by atoms with Gasteiger partial charge in [0.25, 0.3) is 0 Å². The van der Waals surface area contributed by atoms with Crippen LogP contribution in [-0.4, -0.2) is 22.2 Å². The number of unbranched alkanes of at least 4 members (excludes halogenated alkanes) is 1. The molecule has 0 amide bonds. The van der Waals surface area contributed by atoms with Gasteiger partial charge in [-0.3, -0.25) is 9.13 Å². The highest BCUT2D eigenvalue weighted by Crippen LogP contribution is 2.23. The van der Waals surface area contributed by atoms with Crippen LogP contribution in [0.2, 0.25) is 0 Å². The molecule has 1 aliphatic heterocycles. The number of nitrogens with zero attached hydrogens (tertiary/aromatic N) is 2. The van der Waals surface area contributed by atoms with Crippen LogP contribution < -0.4 is 11.0 Å². The SMILES string of the molecule is O=c1n(CCCCc2ccccc2F)c2ccccc2n1C1CCNCC1. The Morgan fingerprint density at radius 2 is 1.67 bits per heavy atom. The van der Waals surface area contributed by atoms with Gasteiger partial charge in [-0.15, -0.1) is 0 Å². The van der Waals surface area contributed by atoms with Crippen molar-refractivity contribution >= 4 is 11.0 Å². The predicted octanol–water partition coefficient (Wildman–Crippen LogP) is 3.89. The van der Waals surface area contributed by atoms with Gasteiger partial charge in [0.1, 0.15) is 5.82 Å². The summed E-state index contributed by atoms with van der Waals surface area (Å²) in [5.41, 5.74) is 2.88. The molecule has 0 saturated carbocycles. The molecule has 2 aromatic carbocycles. The van der Waals surface area contributed by atoms with Gasteiger partial charge < -0.3 is 5.32 Å². The molecule has 0 spiro atoms. The van der Waals surface area contributed by atoms with Crippen molar-refractivity contribution in [1.29, 1.82) is 0 Å². The van der Waals surface area contributed by atoms with Crippen LogP contribution in [0.25, 0.3) is 11.0 Å². The lowest BCUT2D eigenvalue weighted by Gasteiger charge is -2.23. The number of halogens is 1. The Bertz CT molecular complexity index is 969. The molecule has 4 rings (SSSR count). The van der Waals surface area contributed by atoms with Gasteiger partial charge >= 0.3 is 5.69 Å². The normalized spacial score (nSPS) is 15.4. The van der Waals surface area contributed by atoms with Crippen LogP contribution in [0.1, 0.15) is 37.3 Å². The summed E-state index contributed by atoms with van der Waals surface area (Å²) < 4.78 is 17.7. The smallest absolute Gasteiger partial charge is 0.317 e. The Balaban J connectivity index is 1.52. The van der Waals surface area contributed by atoms with Crippen molar-refractivity contribution in [2.75, 3.05) is 13.1 Å². The summed E-state index contributed by atoms with van der Waals surface area (Å²) in [5.74, 6) is -0.142. The first-order valence-corrected chi connectivity index (χ1v) is 9.89. The third-order valence-corrected chi connectivity index (χ3v) is 5.58. The average Bonchev–Trinajstić information content (AvgIpc) is 2.99. The standard InChI is InChI=1S/C22H26FN3O/c23-19-9-2-1-7-17(19)8-5-6-16-25-20-10-3-4-11-21(20)26(22(25)27)18-12-14-24-15-13-18/h1-4,7,9-11,18,24H,5-6,8,12-16H2. The minimum absolute atomic E-state index is 0.0917. The fraction of sp³-hybridized carbons (Fsp3) is 0.409. The molecule has 4 nitrogen and oxygen atoms in total. The average molecular weight is 367 g/mol. The molecule has 142 valence electrons. The minimum atomic E-state index is -0.142. The molecule has 0 radical (unpaired) electrons. The zero-order valence-corrected chi connectivity index (χ0v) is 15.5. The number of hydrogen-bond donors (Lipinski definition) is 1. The first-order valence-electron chi connectivity index (χ1n) is 9.89. The summed E-state index contributed by atoms with van der Waals surface area (Å²) >= 11 is 0. The monoisotopic (exact) mass is 367 g/mol. The van der Waals surface area contributed by atoms with E-state index < -0.39 is 0 Å². The number of aromatic nitrogens is 2. The van der Waals surface area contributed by atoms with Gasteiger partial charge in [0.2, 0.25) is 0 Å². The summed E-state index contributed by atoms with van der Waals surface area (Å²) in [4.78, 5) is 13.2. The van der Waals surface area contributed by atoms with Crippen LogP contribution in [-0.2, 0) is 13.0 Å². The maximum absolute atomic E-state index is 13.8. The molecule has 0 atom stereocenters. The van der Waals surface area contributed by atoms with E-state index in [0.29, 0.717) is 13.0 Å². The van der Waals surface area contributed by atoms with E-state index in [2.05, 4.69) is 11.4 Å². The molecule has 1 fully saturated rings. The van der Waals surface area contributed by atoms with E-state index in [1.165, 1.54) is 6.07 Å². The number of imidazole rings is 1. The van der Waals surface area contributed by atoms with Crippen molar-refractivity contribution in [1.82, 2.24) is 14.5 Å². The van der Waals surface area contributed by atoms with E-state index >= 15 is 0 Å². The molecule has 0 unspecified atom stereocenters. The third-order valence-electron chi connectivity index (χ3n) is 5.58. The highest BCUT2D eigenvalue weighted by atomic mass is 19.1. The molecule has 27 heavy (non-hydrogen) atoms. The highest BCUT2D eigenvalue weighted by Gasteiger charge is 2.21. The van der Waals surface area contributed by atoms with Crippen LogP contribution in [0.15, 0.2) is 53.3 Å². The lowest BCUT2D eigenvalue weighted by molar-refractivity contribution is 0.364. The van der Waals surface area contributed by atoms with Gasteiger partial charge in [-0.25, -0.2) is 9.18 Å². The molecule has 0 aliphatic carbocycles. The van der Waals surface area contributed by atoms with Crippen molar-refractivity contribution in [3.05, 3.63) is 70.4 Å². The number of piperidine rings is 1. The third kappa shape index (κ3) is 3.69. The van der Waals surface area contributed by atoms with Crippen molar-refractivity contribution in [2.45, 2.75) is 44.7 Å². The topological polar surface area (TPSA) is 39.0 Å². The van der Waals surface area contributed by atoms with Crippen LogP contribution in [0.4, 0.5) is 4.39 Å². The van der Waals surface area contributed by atoms with Gasteiger partial charge in [0, 0.05) is 12.6 Å². The molecule has 1 aromatic heterocycles. The van der Waals surface area contributed by atoms with Gasteiger partial charge in [-0.2, -0.15) is 0 Å². The summed E-state index contributed by atoms with van der Waals surface area (Å²) in [6.07, 6.45) is 4.39. The first-order chi connectivity index (χ1) is 13.3. The largest absolute Gasteiger partial charge is 0.329 e. The second kappa shape index (κ2) is 8.09. The molecule has 1 N–H and O–H groups in total.